The lowest BCUT2D eigenvalue weighted by atomic mass is 9.99. The summed E-state index contributed by atoms with van der Waals surface area (Å²) in [5.74, 6) is 0.852. The van der Waals surface area contributed by atoms with Crippen LogP contribution in [-0.2, 0) is 4.74 Å². The maximum absolute atomic E-state index is 11.4. The zero-order chi connectivity index (χ0) is 12.9. The van der Waals surface area contributed by atoms with E-state index in [0.29, 0.717) is 6.54 Å². The third kappa shape index (κ3) is 6.51. The number of alkyl carbamates (subject to hydrolysis) is 1. The minimum Gasteiger partial charge on any atom is -0.444 e. The normalized spacial score (nSPS) is 19.1. The second-order valence-electron chi connectivity index (χ2n) is 5.95. The largest absolute Gasteiger partial charge is 0.444 e. The first-order valence-corrected chi connectivity index (χ1v) is 6.56. The molecule has 0 saturated carbocycles. The van der Waals surface area contributed by atoms with Crippen molar-refractivity contribution >= 4 is 6.09 Å². The van der Waals surface area contributed by atoms with E-state index in [1.807, 2.05) is 20.8 Å². The summed E-state index contributed by atoms with van der Waals surface area (Å²) in [4.78, 5) is 13.8. The van der Waals surface area contributed by atoms with Gasteiger partial charge in [-0.1, -0.05) is 6.92 Å². The number of amides is 1. The van der Waals surface area contributed by atoms with Gasteiger partial charge in [-0.15, -0.1) is 0 Å². The van der Waals surface area contributed by atoms with Gasteiger partial charge in [0.25, 0.3) is 0 Å². The van der Waals surface area contributed by atoms with E-state index in [1.54, 1.807) is 0 Å². The first kappa shape index (κ1) is 14.3. The highest BCUT2D eigenvalue weighted by Gasteiger charge is 2.17. The van der Waals surface area contributed by atoms with E-state index in [-0.39, 0.29) is 6.09 Å². The number of carbonyl (C=O) groups excluding carboxylic acids is 1. The summed E-state index contributed by atoms with van der Waals surface area (Å²) in [5.41, 5.74) is -0.412. The van der Waals surface area contributed by atoms with Crippen molar-refractivity contribution in [3.05, 3.63) is 0 Å². The summed E-state index contributed by atoms with van der Waals surface area (Å²) in [7, 11) is 0. The molecule has 1 saturated heterocycles. The summed E-state index contributed by atoms with van der Waals surface area (Å²) < 4.78 is 5.18. The van der Waals surface area contributed by atoms with Crippen molar-refractivity contribution in [3.8, 4) is 0 Å². The molecule has 0 aliphatic carbocycles. The maximum atomic E-state index is 11.4. The molecule has 1 fully saturated rings. The van der Waals surface area contributed by atoms with Gasteiger partial charge >= 0.3 is 6.09 Å². The molecule has 1 rings (SSSR count). The molecular weight excluding hydrogens is 216 g/mol. The molecule has 1 N–H and O–H groups in total. The predicted octanol–water partition coefficient (Wildman–Crippen LogP) is 2.24. The number of nitrogens with one attached hydrogen (secondary N) is 1. The van der Waals surface area contributed by atoms with Gasteiger partial charge in [0.05, 0.1) is 0 Å². The average Bonchev–Trinajstić information content (AvgIpc) is 2.18. The van der Waals surface area contributed by atoms with Crippen LogP contribution >= 0.6 is 0 Å². The van der Waals surface area contributed by atoms with Crippen molar-refractivity contribution in [1.82, 2.24) is 10.2 Å². The molecule has 17 heavy (non-hydrogen) atoms. The topological polar surface area (TPSA) is 41.6 Å². The summed E-state index contributed by atoms with van der Waals surface area (Å²) in [6.07, 6.45) is 2.22. The van der Waals surface area contributed by atoms with E-state index >= 15 is 0 Å². The van der Waals surface area contributed by atoms with Crippen molar-refractivity contribution in [2.75, 3.05) is 26.2 Å². The van der Waals surface area contributed by atoms with Crippen molar-refractivity contribution in [1.29, 1.82) is 0 Å². The summed E-state index contributed by atoms with van der Waals surface area (Å²) in [6.45, 7) is 11.8. The molecule has 0 spiro atoms. The maximum Gasteiger partial charge on any atom is 0.407 e. The second-order valence-corrected chi connectivity index (χ2v) is 5.95. The van der Waals surface area contributed by atoms with Gasteiger partial charge in [-0.3, -0.25) is 0 Å². The van der Waals surface area contributed by atoms with Crippen LogP contribution in [0.2, 0.25) is 0 Å². The Balaban J connectivity index is 2.09. The minimum atomic E-state index is -0.412. The van der Waals surface area contributed by atoms with Gasteiger partial charge in [0, 0.05) is 13.1 Å². The van der Waals surface area contributed by atoms with Gasteiger partial charge in [-0.05, 0) is 52.6 Å². The Morgan fingerprint density at radius 1 is 1.35 bits per heavy atom. The van der Waals surface area contributed by atoms with Crippen molar-refractivity contribution in [2.24, 2.45) is 5.92 Å². The third-order valence-corrected chi connectivity index (χ3v) is 2.97. The highest BCUT2D eigenvalue weighted by atomic mass is 16.6. The van der Waals surface area contributed by atoms with E-state index in [1.165, 1.54) is 12.8 Å². The lowest BCUT2D eigenvalue weighted by Crippen LogP contribution is -2.40. The van der Waals surface area contributed by atoms with E-state index < -0.39 is 5.60 Å². The van der Waals surface area contributed by atoms with Gasteiger partial charge in [0.2, 0.25) is 0 Å². The van der Waals surface area contributed by atoms with Crippen LogP contribution in [0, 0.1) is 5.92 Å². The lowest BCUT2D eigenvalue weighted by Gasteiger charge is -2.30. The Bertz CT molecular complexity index is 240. The Hall–Kier alpha value is -0.770. The lowest BCUT2D eigenvalue weighted by molar-refractivity contribution is 0.0519. The van der Waals surface area contributed by atoms with Crippen molar-refractivity contribution < 1.29 is 9.53 Å². The van der Waals surface area contributed by atoms with Gasteiger partial charge in [0.15, 0.2) is 0 Å². The van der Waals surface area contributed by atoms with E-state index in [4.69, 9.17) is 4.74 Å². The number of piperidine rings is 1. The molecule has 0 bridgehead atoms. The fourth-order valence-corrected chi connectivity index (χ4v) is 1.92. The summed E-state index contributed by atoms with van der Waals surface area (Å²) in [5, 5.41) is 2.79. The Kier molecular flexibility index (Phi) is 5.25. The van der Waals surface area contributed by atoms with Crippen LogP contribution in [0.25, 0.3) is 0 Å². The van der Waals surface area contributed by atoms with Gasteiger partial charge in [-0.25, -0.2) is 4.79 Å². The standard InChI is InChI=1S/C13H26N2O2/c1-11-5-8-15(9-6-11)10-7-14-12(16)17-13(2,3)4/h11H,5-10H2,1-4H3,(H,14,16). The van der Waals surface area contributed by atoms with E-state index in [9.17, 15) is 4.79 Å². The van der Waals surface area contributed by atoms with Crippen LogP contribution in [0.3, 0.4) is 0 Å². The molecule has 0 aromatic heterocycles. The van der Waals surface area contributed by atoms with Crippen LogP contribution in [-0.4, -0.2) is 42.8 Å². The quantitative estimate of drug-likeness (QED) is 0.825. The number of rotatable bonds is 3. The molecule has 1 amide bonds. The molecule has 0 unspecified atom stereocenters. The molecule has 4 nitrogen and oxygen atoms in total. The van der Waals surface area contributed by atoms with Crippen LogP contribution in [0.15, 0.2) is 0 Å². The number of ether oxygens (including phenoxy) is 1. The highest BCUT2D eigenvalue weighted by Crippen LogP contribution is 2.15. The van der Waals surface area contributed by atoms with Crippen LogP contribution in [0.4, 0.5) is 4.79 Å². The van der Waals surface area contributed by atoms with E-state index in [0.717, 1.165) is 25.6 Å². The molecule has 4 heteroatoms. The Morgan fingerprint density at radius 2 is 1.94 bits per heavy atom. The van der Waals surface area contributed by atoms with Gasteiger partial charge < -0.3 is 15.0 Å². The zero-order valence-corrected chi connectivity index (χ0v) is 11.6. The molecule has 0 atom stereocenters. The van der Waals surface area contributed by atoms with Crippen molar-refractivity contribution in [2.45, 2.75) is 46.1 Å². The molecule has 1 aliphatic heterocycles. The number of nitrogens with zero attached hydrogens (tertiary/aromatic N) is 1. The number of carbonyl (C=O) groups is 1. The molecule has 100 valence electrons. The molecular formula is C13H26N2O2. The fourth-order valence-electron chi connectivity index (χ4n) is 1.92. The first-order valence-electron chi connectivity index (χ1n) is 6.56. The van der Waals surface area contributed by atoms with Gasteiger partial charge in [0.1, 0.15) is 5.60 Å². The highest BCUT2D eigenvalue weighted by molar-refractivity contribution is 5.67. The monoisotopic (exact) mass is 242 g/mol. The van der Waals surface area contributed by atoms with Gasteiger partial charge in [-0.2, -0.15) is 0 Å². The molecule has 0 aromatic carbocycles. The van der Waals surface area contributed by atoms with Crippen LogP contribution in [0.5, 0.6) is 0 Å². The average molecular weight is 242 g/mol. The Morgan fingerprint density at radius 3 is 2.47 bits per heavy atom. The molecule has 1 heterocycles. The second kappa shape index (κ2) is 6.24. The third-order valence-electron chi connectivity index (χ3n) is 2.97. The number of hydrogen-bond acceptors (Lipinski definition) is 3. The molecule has 0 aromatic rings. The minimum absolute atomic E-state index is 0.317. The summed E-state index contributed by atoms with van der Waals surface area (Å²) in [6, 6.07) is 0. The molecule has 1 aliphatic rings. The predicted molar refractivity (Wildman–Crippen MR) is 69.1 cm³/mol. The SMILES string of the molecule is CC1CCN(CCNC(=O)OC(C)(C)C)CC1. The zero-order valence-electron chi connectivity index (χ0n) is 11.6. The van der Waals surface area contributed by atoms with Crippen LogP contribution in [0.1, 0.15) is 40.5 Å². The fraction of sp³-hybridized carbons (Fsp3) is 0.923. The number of hydrogen-bond donors (Lipinski definition) is 1. The molecule has 0 radical (unpaired) electrons. The number of likely N-dealkylation sites (tertiary alicyclic amines) is 1. The first-order chi connectivity index (χ1) is 7.87. The Labute approximate surface area is 105 Å². The van der Waals surface area contributed by atoms with E-state index in [2.05, 4.69) is 17.1 Å². The smallest absolute Gasteiger partial charge is 0.407 e. The van der Waals surface area contributed by atoms with Crippen molar-refractivity contribution in [3.63, 3.8) is 0 Å². The summed E-state index contributed by atoms with van der Waals surface area (Å²) >= 11 is 0. The van der Waals surface area contributed by atoms with Crippen LogP contribution < -0.4 is 5.32 Å².